The van der Waals surface area contributed by atoms with Crippen molar-refractivity contribution >= 4 is 17.2 Å². The molecule has 27 heavy (non-hydrogen) atoms. The van der Waals surface area contributed by atoms with Crippen molar-refractivity contribution in [2.75, 3.05) is 7.11 Å². The lowest BCUT2D eigenvalue weighted by molar-refractivity contribution is 0.0915. The van der Waals surface area contributed by atoms with E-state index in [1.165, 1.54) is 11.3 Å². The van der Waals surface area contributed by atoms with Crippen molar-refractivity contribution in [2.45, 2.75) is 32.7 Å². The molecule has 0 bridgehead atoms. The van der Waals surface area contributed by atoms with Gasteiger partial charge in [-0.05, 0) is 42.5 Å². The number of carbonyl (C=O) groups is 1. The number of ether oxygens (including phenoxy) is 1. The van der Waals surface area contributed by atoms with E-state index in [-0.39, 0.29) is 17.4 Å². The minimum atomic E-state index is -0.137. The number of aromatic nitrogens is 3. The maximum absolute atomic E-state index is 12.5. The van der Waals surface area contributed by atoms with Crippen LogP contribution in [0.1, 0.15) is 48.1 Å². The highest BCUT2D eigenvalue weighted by molar-refractivity contribution is 7.07. The molecule has 4 rings (SSSR count). The average molecular weight is 382 g/mol. The van der Waals surface area contributed by atoms with Gasteiger partial charge in [0.2, 0.25) is 0 Å². The van der Waals surface area contributed by atoms with Crippen molar-refractivity contribution in [1.29, 1.82) is 0 Å². The van der Waals surface area contributed by atoms with Crippen molar-refractivity contribution in [1.82, 2.24) is 20.1 Å². The number of methoxy groups -OCH3 is 1. The first kappa shape index (κ1) is 17.7. The number of nitrogens with one attached hydrogen (secondary N) is 1. The smallest absolute Gasteiger partial charge is 0.271 e. The van der Waals surface area contributed by atoms with Crippen molar-refractivity contribution in [2.24, 2.45) is 5.41 Å². The second kappa shape index (κ2) is 6.81. The lowest BCUT2D eigenvalue weighted by Gasteiger charge is -2.35. The molecule has 7 heteroatoms. The number of thiazole rings is 1. The van der Waals surface area contributed by atoms with Crippen LogP contribution in [0, 0.1) is 5.41 Å². The Morgan fingerprint density at radius 3 is 2.78 bits per heavy atom. The number of hydrogen-bond donors (Lipinski definition) is 1. The number of nitrogens with zero attached hydrogens (tertiary/aromatic N) is 3. The maximum atomic E-state index is 12.5. The quantitative estimate of drug-likeness (QED) is 0.746. The van der Waals surface area contributed by atoms with Crippen LogP contribution in [-0.2, 0) is 6.42 Å². The van der Waals surface area contributed by atoms with Crippen LogP contribution < -0.4 is 10.1 Å². The summed E-state index contributed by atoms with van der Waals surface area (Å²) >= 11 is 1.42. The van der Waals surface area contributed by atoms with Gasteiger partial charge >= 0.3 is 0 Å². The molecule has 2 aromatic heterocycles. The van der Waals surface area contributed by atoms with Gasteiger partial charge in [-0.25, -0.2) is 9.67 Å². The fraction of sp³-hybridized carbons (Fsp3) is 0.350. The molecule has 0 spiro atoms. The average Bonchev–Trinajstić information content (AvgIpc) is 3.31. The monoisotopic (exact) mass is 382 g/mol. The molecule has 3 aromatic rings. The van der Waals surface area contributed by atoms with E-state index in [2.05, 4.69) is 29.2 Å². The Morgan fingerprint density at radius 1 is 1.33 bits per heavy atom. The minimum Gasteiger partial charge on any atom is -0.497 e. The molecule has 1 unspecified atom stereocenters. The maximum Gasteiger partial charge on any atom is 0.271 e. The summed E-state index contributed by atoms with van der Waals surface area (Å²) in [6, 6.07) is 7.77. The van der Waals surface area contributed by atoms with Crippen LogP contribution in [-0.4, -0.2) is 27.8 Å². The molecule has 1 aromatic carbocycles. The molecule has 0 saturated carbocycles. The van der Waals surface area contributed by atoms with Gasteiger partial charge in [-0.15, -0.1) is 11.3 Å². The topological polar surface area (TPSA) is 69.0 Å². The molecule has 1 amide bonds. The first-order valence-electron chi connectivity index (χ1n) is 8.87. The number of hydrogen-bond acceptors (Lipinski definition) is 5. The zero-order chi connectivity index (χ0) is 19.0. The lowest BCUT2D eigenvalue weighted by atomic mass is 9.74. The van der Waals surface area contributed by atoms with Gasteiger partial charge in [-0.2, -0.15) is 5.10 Å². The molecule has 0 fully saturated rings. The molecule has 140 valence electrons. The lowest BCUT2D eigenvalue weighted by Crippen LogP contribution is -2.36. The standard InChI is InChI=1S/C20H22N4O2S/c1-20(2)8-16(23-19(25)17-11-27-12-21-17)15-10-22-24(18(15)9-20)13-4-6-14(26-3)7-5-13/h4-7,10-12,16H,8-9H2,1-3H3,(H,23,25). The summed E-state index contributed by atoms with van der Waals surface area (Å²) in [5, 5.41) is 9.54. The Bertz CT molecular complexity index is 945. The summed E-state index contributed by atoms with van der Waals surface area (Å²) in [4.78, 5) is 16.7. The first-order valence-corrected chi connectivity index (χ1v) is 9.81. The molecule has 2 heterocycles. The third-order valence-electron chi connectivity index (χ3n) is 4.97. The molecule has 1 atom stereocenters. The molecule has 0 aliphatic heterocycles. The van der Waals surface area contributed by atoms with Crippen molar-refractivity contribution in [3.8, 4) is 11.4 Å². The summed E-state index contributed by atoms with van der Waals surface area (Å²) < 4.78 is 7.22. The van der Waals surface area contributed by atoms with Crippen LogP contribution in [0.2, 0.25) is 0 Å². The van der Waals surface area contributed by atoms with Gasteiger partial charge < -0.3 is 10.1 Å². The molecule has 1 aliphatic carbocycles. The number of fused-ring (bicyclic) bond motifs is 1. The zero-order valence-electron chi connectivity index (χ0n) is 15.6. The molecule has 1 N–H and O–H groups in total. The van der Waals surface area contributed by atoms with E-state index < -0.39 is 0 Å². The van der Waals surface area contributed by atoms with E-state index >= 15 is 0 Å². The summed E-state index contributed by atoms with van der Waals surface area (Å²) in [5.41, 5.74) is 5.39. The molecular weight excluding hydrogens is 360 g/mol. The van der Waals surface area contributed by atoms with Crippen LogP contribution in [0.5, 0.6) is 5.75 Å². The second-order valence-electron chi connectivity index (χ2n) is 7.60. The summed E-state index contributed by atoms with van der Waals surface area (Å²) in [5.74, 6) is 0.676. The Hall–Kier alpha value is -2.67. The highest BCUT2D eigenvalue weighted by Crippen LogP contribution is 2.41. The third-order valence-corrected chi connectivity index (χ3v) is 5.55. The van der Waals surface area contributed by atoms with E-state index in [0.717, 1.165) is 35.5 Å². The number of rotatable bonds is 4. The third kappa shape index (κ3) is 3.47. The fourth-order valence-corrected chi connectivity index (χ4v) is 4.21. The Balaban J connectivity index is 1.67. The van der Waals surface area contributed by atoms with E-state index in [1.54, 1.807) is 18.0 Å². The summed E-state index contributed by atoms with van der Waals surface area (Å²) in [7, 11) is 1.66. The predicted molar refractivity (Wildman–Crippen MR) is 105 cm³/mol. The Kier molecular flexibility index (Phi) is 4.47. The molecule has 6 nitrogen and oxygen atoms in total. The molecular formula is C20H22N4O2S. The van der Waals surface area contributed by atoms with Crippen LogP contribution >= 0.6 is 11.3 Å². The first-order chi connectivity index (χ1) is 13.0. The molecule has 0 saturated heterocycles. The van der Waals surface area contributed by atoms with E-state index in [4.69, 9.17) is 4.74 Å². The van der Waals surface area contributed by atoms with Crippen LogP contribution in [0.4, 0.5) is 0 Å². The van der Waals surface area contributed by atoms with Crippen LogP contribution in [0.25, 0.3) is 5.69 Å². The van der Waals surface area contributed by atoms with Gasteiger partial charge in [0.25, 0.3) is 5.91 Å². The highest BCUT2D eigenvalue weighted by atomic mass is 32.1. The molecule has 0 radical (unpaired) electrons. The fourth-order valence-electron chi connectivity index (χ4n) is 3.67. The Labute approximate surface area is 162 Å². The number of amides is 1. The van der Waals surface area contributed by atoms with Gasteiger partial charge in [0.1, 0.15) is 11.4 Å². The van der Waals surface area contributed by atoms with Gasteiger partial charge in [0, 0.05) is 10.9 Å². The summed E-state index contributed by atoms with van der Waals surface area (Å²) in [6.07, 6.45) is 3.64. The second-order valence-corrected chi connectivity index (χ2v) is 8.32. The van der Waals surface area contributed by atoms with E-state index in [0.29, 0.717) is 5.69 Å². The summed E-state index contributed by atoms with van der Waals surface area (Å²) in [6.45, 7) is 4.45. The predicted octanol–water partition coefficient (Wildman–Crippen LogP) is 3.78. The van der Waals surface area contributed by atoms with Crippen LogP contribution in [0.15, 0.2) is 41.4 Å². The van der Waals surface area contributed by atoms with Gasteiger partial charge in [0.15, 0.2) is 0 Å². The minimum absolute atomic E-state index is 0.0529. The SMILES string of the molecule is COc1ccc(-n2ncc3c2CC(C)(C)CC3NC(=O)c2cscn2)cc1. The van der Waals surface area contributed by atoms with Crippen molar-refractivity contribution < 1.29 is 9.53 Å². The van der Waals surface area contributed by atoms with Crippen molar-refractivity contribution in [3.05, 3.63) is 58.3 Å². The number of benzene rings is 1. The van der Waals surface area contributed by atoms with E-state index in [9.17, 15) is 4.79 Å². The number of carbonyl (C=O) groups excluding carboxylic acids is 1. The zero-order valence-corrected chi connectivity index (χ0v) is 16.4. The van der Waals surface area contributed by atoms with Crippen LogP contribution in [0.3, 0.4) is 0 Å². The highest BCUT2D eigenvalue weighted by Gasteiger charge is 2.36. The largest absolute Gasteiger partial charge is 0.497 e. The van der Waals surface area contributed by atoms with Crippen molar-refractivity contribution in [3.63, 3.8) is 0 Å². The van der Waals surface area contributed by atoms with Gasteiger partial charge in [-0.1, -0.05) is 13.8 Å². The normalized spacial score (nSPS) is 18.0. The van der Waals surface area contributed by atoms with E-state index in [1.807, 2.05) is 35.1 Å². The molecule has 1 aliphatic rings. The van der Waals surface area contributed by atoms with Gasteiger partial charge in [-0.3, -0.25) is 4.79 Å². The Morgan fingerprint density at radius 2 is 2.11 bits per heavy atom. The van der Waals surface area contributed by atoms with Gasteiger partial charge in [0.05, 0.1) is 36.2 Å².